The van der Waals surface area contributed by atoms with Gasteiger partial charge in [-0.1, -0.05) is 41.1 Å². The molecule has 0 aliphatic rings. The highest BCUT2D eigenvalue weighted by atomic mass is 79.9. The van der Waals surface area contributed by atoms with Crippen molar-refractivity contribution in [3.05, 3.63) is 64.4 Å². The number of pyridine rings is 1. The van der Waals surface area contributed by atoms with E-state index in [1.54, 1.807) is 0 Å². The number of aromatic nitrogens is 1. The molecular weight excluding hydrogens is 262 g/mol. The second kappa shape index (κ2) is 5.26. The van der Waals surface area contributed by atoms with Crippen LogP contribution >= 0.6 is 15.9 Å². The summed E-state index contributed by atoms with van der Waals surface area (Å²) < 4.78 is 1.12. The molecule has 1 nitrogen and oxygen atoms in total. The van der Waals surface area contributed by atoms with Crippen LogP contribution in [-0.2, 0) is 0 Å². The zero-order chi connectivity index (χ0) is 11.4. The van der Waals surface area contributed by atoms with Crippen LogP contribution in [0.25, 0.3) is 0 Å². The second-order valence-electron chi connectivity index (χ2n) is 3.80. The van der Waals surface area contributed by atoms with E-state index < -0.39 is 0 Å². The molecule has 0 fully saturated rings. The first-order chi connectivity index (χ1) is 7.81. The van der Waals surface area contributed by atoms with Crippen molar-refractivity contribution >= 4 is 15.9 Å². The molecule has 0 amide bonds. The molecule has 2 aromatic rings. The van der Waals surface area contributed by atoms with E-state index in [0.29, 0.717) is 5.92 Å². The molecule has 2 rings (SSSR count). The van der Waals surface area contributed by atoms with E-state index in [2.05, 4.69) is 58.2 Å². The Balaban J connectivity index is 2.33. The van der Waals surface area contributed by atoms with Crippen LogP contribution in [0.15, 0.2) is 53.3 Å². The van der Waals surface area contributed by atoms with Crippen molar-refractivity contribution in [2.45, 2.75) is 19.3 Å². The maximum atomic E-state index is 4.19. The van der Waals surface area contributed by atoms with Crippen molar-refractivity contribution < 1.29 is 0 Å². The van der Waals surface area contributed by atoms with Gasteiger partial charge < -0.3 is 0 Å². The normalized spacial score (nSPS) is 12.4. The minimum absolute atomic E-state index is 0.446. The first kappa shape index (κ1) is 11.3. The van der Waals surface area contributed by atoms with Crippen LogP contribution in [0, 0.1) is 0 Å². The van der Waals surface area contributed by atoms with Gasteiger partial charge >= 0.3 is 0 Å². The lowest BCUT2D eigenvalue weighted by Crippen LogP contribution is -1.99. The van der Waals surface area contributed by atoms with Gasteiger partial charge in [-0.15, -0.1) is 0 Å². The third kappa shape index (κ3) is 2.50. The molecular formula is C14H14BrN. The summed E-state index contributed by atoms with van der Waals surface area (Å²) in [5.41, 5.74) is 2.63. The first-order valence-corrected chi connectivity index (χ1v) is 6.26. The van der Waals surface area contributed by atoms with Gasteiger partial charge in [0.25, 0.3) is 0 Å². The number of nitrogens with zero attached hydrogens (tertiary/aromatic N) is 1. The Morgan fingerprint density at radius 2 is 1.88 bits per heavy atom. The Morgan fingerprint density at radius 3 is 2.44 bits per heavy atom. The first-order valence-electron chi connectivity index (χ1n) is 5.46. The maximum Gasteiger partial charge on any atom is 0.0306 e. The van der Waals surface area contributed by atoms with Gasteiger partial charge in [0.05, 0.1) is 0 Å². The fourth-order valence-electron chi connectivity index (χ4n) is 1.94. The minimum atomic E-state index is 0.446. The lowest BCUT2D eigenvalue weighted by atomic mass is 9.90. The predicted molar refractivity (Wildman–Crippen MR) is 70.5 cm³/mol. The number of halogens is 1. The van der Waals surface area contributed by atoms with Gasteiger partial charge in [-0.05, 0) is 35.7 Å². The smallest absolute Gasteiger partial charge is 0.0306 e. The lowest BCUT2D eigenvalue weighted by Gasteiger charge is -2.15. The third-order valence-electron chi connectivity index (χ3n) is 2.77. The lowest BCUT2D eigenvalue weighted by molar-refractivity contribution is 0.772. The summed E-state index contributed by atoms with van der Waals surface area (Å²) in [7, 11) is 0. The maximum absolute atomic E-state index is 4.19. The number of hydrogen-bond acceptors (Lipinski definition) is 1. The van der Waals surface area contributed by atoms with Crippen molar-refractivity contribution in [1.29, 1.82) is 0 Å². The summed E-state index contributed by atoms with van der Waals surface area (Å²) in [6.07, 6.45) is 4.86. The SMILES string of the molecule is CCC(c1ccc(Br)cc1)c1cccnc1. The minimum Gasteiger partial charge on any atom is -0.264 e. The van der Waals surface area contributed by atoms with Crippen LogP contribution in [0.2, 0.25) is 0 Å². The summed E-state index contributed by atoms with van der Waals surface area (Å²) in [6.45, 7) is 2.21. The standard InChI is InChI=1S/C14H14BrN/c1-2-14(12-4-3-9-16-10-12)11-5-7-13(15)8-6-11/h3-10,14H,2H2,1H3. The number of benzene rings is 1. The third-order valence-corrected chi connectivity index (χ3v) is 3.30. The Labute approximate surface area is 105 Å². The Hall–Kier alpha value is -1.15. The van der Waals surface area contributed by atoms with E-state index in [9.17, 15) is 0 Å². The summed E-state index contributed by atoms with van der Waals surface area (Å²) in [4.78, 5) is 4.19. The van der Waals surface area contributed by atoms with Crippen LogP contribution < -0.4 is 0 Å². The molecule has 1 aromatic heterocycles. The molecule has 0 radical (unpaired) electrons. The van der Waals surface area contributed by atoms with Gasteiger partial charge in [-0.25, -0.2) is 0 Å². The van der Waals surface area contributed by atoms with Crippen LogP contribution in [-0.4, -0.2) is 4.98 Å². The molecule has 0 saturated heterocycles. The molecule has 1 aromatic carbocycles. The van der Waals surface area contributed by atoms with E-state index in [0.717, 1.165) is 10.9 Å². The second-order valence-corrected chi connectivity index (χ2v) is 4.71. The van der Waals surface area contributed by atoms with Gasteiger partial charge in [0.2, 0.25) is 0 Å². The highest BCUT2D eigenvalue weighted by Gasteiger charge is 2.11. The van der Waals surface area contributed by atoms with Crippen LogP contribution in [0.5, 0.6) is 0 Å². The summed E-state index contributed by atoms with van der Waals surface area (Å²) in [5.74, 6) is 0.446. The highest BCUT2D eigenvalue weighted by Crippen LogP contribution is 2.27. The van der Waals surface area contributed by atoms with Crippen molar-refractivity contribution in [2.24, 2.45) is 0 Å². The molecule has 0 N–H and O–H groups in total. The van der Waals surface area contributed by atoms with Gasteiger partial charge in [0.15, 0.2) is 0 Å². The van der Waals surface area contributed by atoms with E-state index in [-0.39, 0.29) is 0 Å². The number of hydrogen-bond donors (Lipinski definition) is 0. The molecule has 0 bridgehead atoms. The van der Waals surface area contributed by atoms with Crippen molar-refractivity contribution in [3.8, 4) is 0 Å². The Kier molecular flexibility index (Phi) is 3.73. The quantitative estimate of drug-likeness (QED) is 0.810. The van der Waals surface area contributed by atoms with E-state index in [1.165, 1.54) is 11.1 Å². The van der Waals surface area contributed by atoms with E-state index in [1.807, 2.05) is 18.5 Å². The van der Waals surface area contributed by atoms with Crippen molar-refractivity contribution in [1.82, 2.24) is 4.98 Å². The number of rotatable bonds is 3. The fourth-order valence-corrected chi connectivity index (χ4v) is 2.21. The highest BCUT2D eigenvalue weighted by molar-refractivity contribution is 9.10. The molecule has 1 unspecified atom stereocenters. The molecule has 0 aliphatic heterocycles. The Morgan fingerprint density at radius 1 is 1.12 bits per heavy atom. The molecule has 2 heteroatoms. The van der Waals surface area contributed by atoms with Gasteiger partial charge in [-0.2, -0.15) is 0 Å². The molecule has 0 saturated carbocycles. The summed E-state index contributed by atoms with van der Waals surface area (Å²) >= 11 is 3.46. The molecule has 0 aliphatic carbocycles. The van der Waals surface area contributed by atoms with Gasteiger partial charge in [0, 0.05) is 22.8 Å². The molecule has 1 atom stereocenters. The fraction of sp³-hybridized carbons (Fsp3) is 0.214. The monoisotopic (exact) mass is 275 g/mol. The average Bonchev–Trinajstić information content (AvgIpc) is 2.34. The van der Waals surface area contributed by atoms with Crippen LogP contribution in [0.4, 0.5) is 0 Å². The molecule has 1 heterocycles. The average molecular weight is 276 g/mol. The van der Waals surface area contributed by atoms with Crippen molar-refractivity contribution in [2.75, 3.05) is 0 Å². The molecule has 82 valence electrons. The zero-order valence-electron chi connectivity index (χ0n) is 9.23. The van der Waals surface area contributed by atoms with Gasteiger partial charge in [-0.3, -0.25) is 4.98 Å². The predicted octanol–water partition coefficient (Wildman–Crippen LogP) is 4.39. The molecule has 16 heavy (non-hydrogen) atoms. The Bertz CT molecular complexity index is 436. The summed E-state index contributed by atoms with van der Waals surface area (Å²) in [6, 6.07) is 12.7. The van der Waals surface area contributed by atoms with E-state index >= 15 is 0 Å². The van der Waals surface area contributed by atoms with Gasteiger partial charge in [0.1, 0.15) is 0 Å². The van der Waals surface area contributed by atoms with E-state index in [4.69, 9.17) is 0 Å². The van der Waals surface area contributed by atoms with Crippen molar-refractivity contribution in [3.63, 3.8) is 0 Å². The van der Waals surface area contributed by atoms with Crippen LogP contribution in [0.1, 0.15) is 30.4 Å². The zero-order valence-corrected chi connectivity index (χ0v) is 10.8. The topological polar surface area (TPSA) is 12.9 Å². The van der Waals surface area contributed by atoms with Crippen LogP contribution in [0.3, 0.4) is 0 Å². The summed E-state index contributed by atoms with van der Waals surface area (Å²) in [5, 5.41) is 0. The largest absolute Gasteiger partial charge is 0.264 e. The molecule has 0 spiro atoms.